The Balaban J connectivity index is 2.28. The predicted molar refractivity (Wildman–Crippen MR) is 74.4 cm³/mol. The first-order valence-corrected chi connectivity index (χ1v) is 8.03. The Bertz CT molecular complexity index is 709. The molecule has 0 radical (unpaired) electrons. The van der Waals surface area contributed by atoms with Crippen molar-refractivity contribution >= 4 is 20.0 Å². The molecule has 0 spiro atoms. The molecule has 1 aromatic rings. The third-order valence-corrected chi connectivity index (χ3v) is 3.99. The van der Waals surface area contributed by atoms with Crippen molar-refractivity contribution in [3.63, 3.8) is 0 Å². The van der Waals surface area contributed by atoms with Gasteiger partial charge in [-0.1, -0.05) is 12.2 Å². The summed E-state index contributed by atoms with van der Waals surface area (Å²) in [5, 5.41) is 20.4. The molecule has 12 heteroatoms. The number of aromatic amines is 1. The van der Waals surface area contributed by atoms with Gasteiger partial charge in [-0.05, 0) is 13.0 Å². The number of aliphatic hydroxyl groups excluding tert-OH is 1. The summed E-state index contributed by atoms with van der Waals surface area (Å²) >= 11 is 4.79. The molecular formula is C10H15N2O8PS. The molecule has 0 bridgehead atoms. The fourth-order valence-electron chi connectivity index (χ4n) is 2.16. The van der Waals surface area contributed by atoms with Gasteiger partial charge in [-0.15, -0.1) is 0 Å². The highest BCUT2D eigenvalue weighted by Gasteiger charge is 2.53. The van der Waals surface area contributed by atoms with Crippen LogP contribution in [-0.4, -0.2) is 54.0 Å². The molecular weight excluding hydrogens is 339 g/mol. The fraction of sp³-hybridized carbons (Fsp3) is 0.600. The summed E-state index contributed by atoms with van der Waals surface area (Å²) in [5.74, 6) is 0. The Morgan fingerprint density at radius 2 is 2.23 bits per heavy atom. The van der Waals surface area contributed by atoms with Crippen LogP contribution in [0.25, 0.3) is 0 Å². The molecule has 1 fully saturated rings. The van der Waals surface area contributed by atoms with E-state index >= 15 is 0 Å². The van der Waals surface area contributed by atoms with Crippen molar-refractivity contribution in [2.45, 2.75) is 31.0 Å². The second-order valence-electron chi connectivity index (χ2n) is 5.00. The van der Waals surface area contributed by atoms with Gasteiger partial charge >= 0.3 is 13.5 Å². The zero-order chi connectivity index (χ0) is 16.7. The van der Waals surface area contributed by atoms with E-state index in [1.807, 2.05) is 0 Å². The highest BCUT2D eigenvalue weighted by atomic mass is 32.1. The number of hydrogen-bond donors (Lipinski definition) is 5. The third kappa shape index (κ3) is 3.53. The molecule has 2 heterocycles. The van der Waals surface area contributed by atoms with Crippen molar-refractivity contribution in [3.05, 3.63) is 27.4 Å². The number of hydrogen-bond acceptors (Lipinski definition) is 7. The molecule has 0 aliphatic carbocycles. The summed E-state index contributed by atoms with van der Waals surface area (Å²) in [6.45, 7) is 0.573. The first-order chi connectivity index (χ1) is 10.0. The van der Waals surface area contributed by atoms with Crippen molar-refractivity contribution in [1.82, 2.24) is 9.55 Å². The number of nitrogens with one attached hydrogen (secondary N) is 1. The van der Waals surface area contributed by atoms with Crippen LogP contribution in [0.4, 0.5) is 0 Å². The van der Waals surface area contributed by atoms with Gasteiger partial charge in [0.15, 0.2) is 6.23 Å². The number of phosphoric acid groups is 1. The average Bonchev–Trinajstić information content (AvgIpc) is 2.59. The van der Waals surface area contributed by atoms with Crippen molar-refractivity contribution in [2.75, 3.05) is 6.61 Å². The monoisotopic (exact) mass is 354 g/mol. The Labute approximate surface area is 129 Å². The van der Waals surface area contributed by atoms with E-state index in [0.717, 1.165) is 4.57 Å². The molecule has 4 unspecified atom stereocenters. The van der Waals surface area contributed by atoms with Crippen LogP contribution < -0.4 is 5.69 Å². The summed E-state index contributed by atoms with van der Waals surface area (Å²) in [6, 6.07) is 1.39. The van der Waals surface area contributed by atoms with Crippen LogP contribution in [0.2, 0.25) is 0 Å². The first kappa shape index (κ1) is 17.4. The quantitative estimate of drug-likeness (QED) is 0.339. The molecule has 5 N–H and O–H groups in total. The Morgan fingerprint density at radius 3 is 2.77 bits per heavy atom. The molecule has 0 aromatic carbocycles. The molecule has 0 saturated carbocycles. The number of nitrogens with zero attached hydrogens (tertiary/aromatic N) is 1. The van der Waals surface area contributed by atoms with Gasteiger partial charge in [0.25, 0.3) is 0 Å². The Hall–Kier alpha value is -0.910. The minimum Gasteiger partial charge on any atom is -0.387 e. The van der Waals surface area contributed by atoms with Gasteiger partial charge in [0, 0.05) is 6.20 Å². The van der Waals surface area contributed by atoms with E-state index < -0.39 is 44.2 Å². The molecule has 22 heavy (non-hydrogen) atoms. The Kier molecular flexibility index (Phi) is 4.71. The normalized spacial score (nSPS) is 32.3. The van der Waals surface area contributed by atoms with Crippen LogP contribution >= 0.6 is 20.0 Å². The lowest BCUT2D eigenvalue weighted by Gasteiger charge is -2.27. The Morgan fingerprint density at radius 1 is 1.59 bits per heavy atom. The van der Waals surface area contributed by atoms with Crippen LogP contribution in [0.3, 0.4) is 0 Å². The molecule has 1 aliphatic rings. The van der Waals surface area contributed by atoms with E-state index in [9.17, 15) is 19.6 Å². The van der Waals surface area contributed by atoms with E-state index in [2.05, 4.69) is 9.51 Å². The summed E-state index contributed by atoms with van der Waals surface area (Å²) < 4.78 is 21.5. The largest absolute Gasteiger partial charge is 0.469 e. The number of H-pyrrole nitrogens is 1. The van der Waals surface area contributed by atoms with Gasteiger partial charge in [0.05, 0.1) is 6.61 Å². The molecule has 10 nitrogen and oxygen atoms in total. The number of phosphoric ester groups is 1. The molecule has 1 aromatic heterocycles. The highest BCUT2D eigenvalue weighted by molar-refractivity contribution is 7.71. The van der Waals surface area contributed by atoms with Crippen LogP contribution in [0.15, 0.2) is 17.1 Å². The minimum atomic E-state index is -4.76. The molecule has 0 amide bonds. The summed E-state index contributed by atoms with van der Waals surface area (Å²) in [6.07, 6.45) is -2.77. The van der Waals surface area contributed by atoms with E-state index in [1.165, 1.54) is 19.2 Å². The van der Waals surface area contributed by atoms with E-state index in [4.69, 9.17) is 26.7 Å². The molecule has 124 valence electrons. The predicted octanol–water partition coefficient (Wildman–Crippen LogP) is -0.976. The number of aromatic nitrogens is 2. The van der Waals surface area contributed by atoms with E-state index in [1.54, 1.807) is 0 Å². The zero-order valence-corrected chi connectivity index (χ0v) is 13.0. The van der Waals surface area contributed by atoms with Gasteiger partial charge in [0.1, 0.15) is 22.4 Å². The van der Waals surface area contributed by atoms with Crippen molar-refractivity contribution in [2.24, 2.45) is 0 Å². The van der Waals surface area contributed by atoms with Crippen molar-refractivity contribution in [3.8, 4) is 0 Å². The highest BCUT2D eigenvalue weighted by Crippen LogP contribution is 2.41. The van der Waals surface area contributed by atoms with Gasteiger partial charge in [0.2, 0.25) is 0 Å². The summed E-state index contributed by atoms with van der Waals surface area (Å²) in [4.78, 5) is 31.5. The second-order valence-corrected chi connectivity index (χ2v) is 6.68. The maximum absolute atomic E-state index is 11.9. The van der Waals surface area contributed by atoms with Crippen LogP contribution in [0, 0.1) is 4.64 Å². The van der Waals surface area contributed by atoms with E-state index in [0.29, 0.717) is 0 Å². The maximum atomic E-state index is 11.9. The average molecular weight is 354 g/mol. The second kappa shape index (κ2) is 5.95. The topological polar surface area (TPSA) is 154 Å². The molecule has 4 atom stereocenters. The van der Waals surface area contributed by atoms with Crippen LogP contribution in [-0.2, 0) is 13.8 Å². The zero-order valence-electron chi connectivity index (χ0n) is 11.3. The summed E-state index contributed by atoms with van der Waals surface area (Å²) in [7, 11) is -4.76. The standard InChI is InChI=1S/C10H15N2O8PS/c1-10(15)7(13)5(4-19-21(16,17)18)20-8(10)12-3-2-6(22)11-9(12)14/h2-3,5,7-8,13,15H,4H2,1H3,(H,11,14,22)(H2,16,17,18). The van der Waals surface area contributed by atoms with Gasteiger partial charge < -0.3 is 24.7 Å². The van der Waals surface area contributed by atoms with Crippen LogP contribution in [0.5, 0.6) is 0 Å². The van der Waals surface area contributed by atoms with Crippen LogP contribution in [0.1, 0.15) is 13.2 Å². The fourth-order valence-corrected chi connectivity index (χ4v) is 2.65. The van der Waals surface area contributed by atoms with E-state index in [-0.39, 0.29) is 4.64 Å². The third-order valence-electron chi connectivity index (χ3n) is 3.27. The lowest BCUT2D eigenvalue weighted by molar-refractivity contribution is -0.0986. The first-order valence-electron chi connectivity index (χ1n) is 6.10. The lowest BCUT2D eigenvalue weighted by Crippen LogP contribution is -2.46. The SMILES string of the molecule is CC1(O)C(O)C(COP(=O)(O)O)OC1n1ccc(=S)[nH]c1=O. The van der Waals surface area contributed by atoms with Gasteiger partial charge in [-0.3, -0.25) is 14.1 Å². The van der Waals surface area contributed by atoms with Gasteiger partial charge in [-0.2, -0.15) is 0 Å². The molecule has 1 saturated heterocycles. The number of rotatable bonds is 4. The molecule has 2 rings (SSSR count). The smallest absolute Gasteiger partial charge is 0.387 e. The summed E-state index contributed by atoms with van der Waals surface area (Å²) in [5.41, 5.74) is -2.55. The van der Waals surface area contributed by atoms with Crippen molar-refractivity contribution < 1.29 is 33.8 Å². The maximum Gasteiger partial charge on any atom is 0.469 e. The molecule has 1 aliphatic heterocycles. The minimum absolute atomic E-state index is 0.181. The number of aliphatic hydroxyl groups is 2. The number of ether oxygens (including phenoxy) is 1. The van der Waals surface area contributed by atoms with Crippen molar-refractivity contribution in [1.29, 1.82) is 0 Å². The van der Waals surface area contributed by atoms with Gasteiger partial charge in [-0.25, -0.2) is 9.36 Å². The lowest BCUT2D eigenvalue weighted by atomic mass is 9.96.